The molecule has 0 spiro atoms. The van der Waals surface area contributed by atoms with E-state index in [9.17, 15) is 0 Å². The Morgan fingerprint density at radius 3 is 3.07 bits per heavy atom. The number of hydrogen-bond donors (Lipinski definition) is 2. The first-order valence-corrected chi connectivity index (χ1v) is 5.21. The minimum absolute atomic E-state index is 0.218. The van der Waals surface area contributed by atoms with E-state index in [4.69, 9.17) is 10.5 Å². The molecule has 0 aliphatic carbocycles. The maximum atomic E-state index is 5.83. The number of aromatic amines is 1. The van der Waals surface area contributed by atoms with Crippen LogP contribution in [-0.2, 0) is 24.2 Å². The fourth-order valence-electron chi connectivity index (χ4n) is 2.12. The Hall–Kier alpha value is -0.800. The van der Waals surface area contributed by atoms with Gasteiger partial charge in [-0.3, -0.25) is 0 Å². The lowest BCUT2D eigenvalue weighted by Crippen LogP contribution is -2.19. The minimum Gasteiger partial charge on any atom is -0.376 e. The quantitative estimate of drug-likeness (QED) is 0.745. The van der Waals surface area contributed by atoms with Crippen molar-refractivity contribution in [1.82, 2.24) is 4.98 Å². The molecular weight excluding hydrogens is 176 g/mol. The zero-order valence-corrected chi connectivity index (χ0v) is 8.89. The molecule has 0 fully saturated rings. The van der Waals surface area contributed by atoms with Crippen molar-refractivity contribution >= 4 is 0 Å². The lowest BCUT2D eigenvalue weighted by atomic mass is 10.0. The molecule has 3 nitrogen and oxygen atoms in total. The SMILES string of the molecule is Cc1[nH]c2c(c1CC(C)N)COCC2. The number of aryl methyl sites for hydroxylation is 1. The molecule has 1 aromatic rings. The third-order valence-corrected chi connectivity index (χ3v) is 2.79. The number of fused-ring (bicyclic) bond motifs is 1. The van der Waals surface area contributed by atoms with Crippen LogP contribution in [0, 0.1) is 6.92 Å². The third-order valence-electron chi connectivity index (χ3n) is 2.79. The fraction of sp³-hybridized carbons (Fsp3) is 0.636. The Morgan fingerprint density at radius 2 is 2.36 bits per heavy atom. The monoisotopic (exact) mass is 194 g/mol. The molecule has 0 radical (unpaired) electrons. The van der Waals surface area contributed by atoms with E-state index in [1.807, 2.05) is 6.92 Å². The molecule has 0 bridgehead atoms. The van der Waals surface area contributed by atoms with Gasteiger partial charge in [-0.15, -0.1) is 0 Å². The number of nitrogens with one attached hydrogen (secondary N) is 1. The largest absolute Gasteiger partial charge is 0.376 e. The van der Waals surface area contributed by atoms with Gasteiger partial charge in [0.25, 0.3) is 0 Å². The molecule has 0 saturated heterocycles. The highest BCUT2D eigenvalue weighted by atomic mass is 16.5. The van der Waals surface area contributed by atoms with Gasteiger partial charge in [-0.2, -0.15) is 0 Å². The van der Waals surface area contributed by atoms with Crippen LogP contribution in [0.3, 0.4) is 0 Å². The van der Waals surface area contributed by atoms with Gasteiger partial charge < -0.3 is 15.5 Å². The van der Waals surface area contributed by atoms with E-state index in [0.29, 0.717) is 0 Å². The average Bonchev–Trinajstić information content (AvgIpc) is 2.43. The van der Waals surface area contributed by atoms with Crippen molar-refractivity contribution in [2.24, 2.45) is 5.73 Å². The molecule has 1 aliphatic rings. The summed E-state index contributed by atoms with van der Waals surface area (Å²) in [4.78, 5) is 3.43. The molecule has 3 heteroatoms. The summed E-state index contributed by atoms with van der Waals surface area (Å²) in [5.74, 6) is 0. The molecule has 0 amide bonds. The first kappa shape index (κ1) is 9.74. The lowest BCUT2D eigenvalue weighted by molar-refractivity contribution is 0.109. The molecule has 1 aliphatic heterocycles. The molecule has 1 unspecified atom stereocenters. The van der Waals surface area contributed by atoms with E-state index in [0.717, 1.165) is 26.1 Å². The van der Waals surface area contributed by atoms with Gasteiger partial charge in [0, 0.05) is 29.4 Å². The molecule has 2 rings (SSSR count). The minimum atomic E-state index is 0.218. The zero-order chi connectivity index (χ0) is 10.1. The molecule has 2 heterocycles. The zero-order valence-electron chi connectivity index (χ0n) is 8.89. The third kappa shape index (κ3) is 1.70. The van der Waals surface area contributed by atoms with Gasteiger partial charge in [0.1, 0.15) is 0 Å². The second-order valence-electron chi connectivity index (χ2n) is 4.17. The molecule has 1 atom stereocenters. The number of ether oxygens (including phenoxy) is 1. The van der Waals surface area contributed by atoms with Crippen LogP contribution in [-0.4, -0.2) is 17.6 Å². The Balaban J connectivity index is 2.33. The van der Waals surface area contributed by atoms with Gasteiger partial charge in [-0.05, 0) is 25.8 Å². The van der Waals surface area contributed by atoms with Crippen LogP contribution < -0.4 is 5.73 Å². The van der Waals surface area contributed by atoms with Crippen molar-refractivity contribution in [3.63, 3.8) is 0 Å². The topological polar surface area (TPSA) is 51.0 Å². The summed E-state index contributed by atoms with van der Waals surface area (Å²) in [5, 5.41) is 0. The van der Waals surface area contributed by atoms with Gasteiger partial charge in [0.2, 0.25) is 0 Å². The molecule has 1 aromatic heterocycles. The standard InChI is InChI=1S/C11H18N2O/c1-7(12)5-9-8(2)13-11-3-4-14-6-10(9)11/h7,13H,3-6,12H2,1-2H3. The second-order valence-corrected chi connectivity index (χ2v) is 4.17. The maximum Gasteiger partial charge on any atom is 0.0737 e. The van der Waals surface area contributed by atoms with Crippen molar-refractivity contribution in [3.8, 4) is 0 Å². The summed E-state index contributed by atoms with van der Waals surface area (Å²) < 4.78 is 5.47. The predicted molar refractivity (Wildman–Crippen MR) is 56.2 cm³/mol. The van der Waals surface area contributed by atoms with Crippen molar-refractivity contribution in [3.05, 3.63) is 22.5 Å². The number of rotatable bonds is 2. The van der Waals surface area contributed by atoms with Crippen LogP contribution in [0.4, 0.5) is 0 Å². The van der Waals surface area contributed by atoms with Crippen LogP contribution >= 0.6 is 0 Å². The number of hydrogen-bond acceptors (Lipinski definition) is 2. The normalized spacial score (nSPS) is 17.9. The molecule has 14 heavy (non-hydrogen) atoms. The Labute approximate surface area is 84.6 Å². The smallest absolute Gasteiger partial charge is 0.0737 e. The predicted octanol–water partition coefficient (Wildman–Crippen LogP) is 1.29. The van der Waals surface area contributed by atoms with Gasteiger partial charge in [0.15, 0.2) is 0 Å². The van der Waals surface area contributed by atoms with Crippen molar-refractivity contribution in [1.29, 1.82) is 0 Å². The van der Waals surface area contributed by atoms with Crippen LogP contribution in [0.1, 0.15) is 29.4 Å². The first-order chi connectivity index (χ1) is 6.68. The fourth-order valence-corrected chi connectivity index (χ4v) is 2.12. The summed E-state index contributed by atoms with van der Waals surface area (Å²) in [5.41, 5.74) is 11.2. The Bertz CT molecular complexity index is 328. The summed E-state index contributed by atoms with van der Waals surface area (Å²) in [7, 11) is 0. The number of aromatic nitrogens is 1. The Morgan fingerprint density at radius 1 is 1.57 bits per heavy atom. The van der Waals surface area contributed by atoms with Gasteiger partial charge in [-0.1, -0.05) is 0 Å². The molecular formula is C11H18N2O. The van der Waals surface area contributed by atoms with E-state index < -0.39 is 0 Å². The van der Waals surface area contributed by atoms with E-state index in [1.165, 1.54) is 22.5 Å². The molecule has 0 saturated carbocycles. The summed E-state index contributed by atoms with van der Waals surface area (Å²) in [6.45, 7) is 5.75. The number of H-pyrrole nitrogens is 1. The maximum absolute atomic E-state index is 5.83. The summed E-state index contributed by atoms with van der Waals surface area (Å²) >= 11 is 0. The highest BCUT2D eigenvalue weighted by Crippen LogP contribution is 2.24. The van der Waals surface area contributed by atoms with Gasteiger partial charge in [-0.25, -0.2) is 0 Å². The van der Waals surface area contributed by atoms with E-state index in [2.05, 4.69) is 11.9 Å². The average molecular weight is 194 g/mol. The summed E-state index contributed by atoms with van der Waals surface area (Å²) in [6, 6.07) is 0.218. The van der Waals surface area contributed by atoms with Crippen molar-refractivity contribution in [2.45, 2.75) is 39.3 Å². The van der Waals surface area contributed by atoms with Crippen LogP contribution in [0.25, 0.3) is 0 Å². The molecule has 0 aromatic carbocycles. The molecule has 3 N–H and O–H groups in total. The highest BCUT2D eigenvalue weighted by Gasteiger charge is 2.18. The van der Waals surface area contributed by atoms with E-state index >= 15 is 0 Å². The lowest BCUT2D eigenvalue weighted by Gasteiger charge is -2.14. The highest BCUT2D eigenvalue weighted by molar-refractivity contribution is 5.37. The van der Waals surface area contributed by atoms with Gasteiger partial charge >= 0.3 is 0 Å². The second kappa shape index (κ2) is 3.75. The van der Waals surface area contributed by atoms with Crippen LogP contribution in [0.5, 0.6) is 0 Å². The van der Waals surface area contributed by atoms with E-state index in [1.54, 1.807) is 0 Å². The number of nitrogens with two attached hydrogens (primary N) is 1. The molecule has 78 valence electrons. The summed E-state index contributed by atoms with van der Waals surface area (Å²) in [6.07, 6.45) is 1.95. The van der Waals surface area contributed by atoms with Gasteiger partial charge in [0.05, 0.1) is 13.2 Å². The van der Waals surface area contributed by atoms with Crippen LogP contribution in [0.2, 0.25) is 0 Å². The van der Waals surface area contributed by atoms with E-state index in [-0.39, 0.29) is 6.04 Å². The van der Waals surface area contributed by atoms with Crippen molar-refractivity contribution < 1.29 is 4.74 Å². The van der Waals surface area contributed by atoms with Crippen molar-refractivity contribution in [2.75, 3.05) is 6.61 Å². The Kier molecular flexibility index (Phi) is 2.61. The first-order valence-electron chi connectivity index (χ1n) is 5.21. The van der Waals surface area contributed by atoms with Crippen LogP contribution in [0.15, 0.2) is 0 Å².